The van der Waals surface area contributed by atoms with E-state index in [0.717, 1.165) is 31.4 Å². The fraction of sp³-hybridized carbons (Fsp3) is 0.280. The standard InChI is InChI=1S/C25H23F3N6O2S/c1-13(14-5-7-17(8-6-14)25(26,27)28)30-23(36)20-10-16(12-37-20)15-9-19(22(35)31-18-3-2-4-18)21-32-24(29)33-34(21)11-15/h5-13,18H,2-4H2,1H3,(H2,29,33)(H,30,36)(H,31,35)/t13-/m0/s1. The van der Waals surface area contributed by atoms with Crippen LogP contribution in [0.4, 0.5) is 19.1 Å². The third-order valence-corrected chi connectivity index (χ3v) is 7.31. The zero-order chi connectivity index (χ0) is 26.3. The minimum Gasteiger partial charge on any atom is -0.366 e. The Morgan fingerprint density at radius 2 is 1.86 bits per heavy atom. The van der Waals surface area contributed by atoms with Crippen LogP contribution in [0.5, 0.6) is 0 Å². The first-order chi connectivity index (χ1) is 17.6. The highest BCUT2D eigenvalue weighted by molar-refractivity contribution is 7.12. The molecule has 0 saturated heterocycles. The lowest BCUT2D eigenvalue weighted by Crippen LogP contribution is -2.39. The summed E-state index contributed by atoms with van der Waals surface area (Å²) in [5.74, 6) is -0.585. The summed E-state index contributed by atoms with van der Waals surface area (Å²) in [6, 6.07) is 7.71. The molecule has 5 rings (SSSR count). The Morgan fingerprint density at radius 3 is 2.51 bits per heavy atom. The van der Waals surface area contributed by atoms with Crippen LogP contribution in [0.25, 0.3) is 16.8 Å². The van der Waals surface area contributed by atoms with Gasteiger partial charge in [-0.2, -0.15) is 18.2 Å². The van der Waals surface area contributed by atoms with Gasteiger partial charge in [0.2, 0.25) is 5.95 Å². The first-order valence-electron chi connectivity index (χ1n) is 11.6. The Kier molecular flexibility index (Phi) is 6.36. The van der Waals surface area contributed by atoms with Crippen LogP contribution in [0, 0.1) is 0 Å². The molecule has 0 unspecified atom stereocenters. The van der Waals surface area contributed by atoms with Gasteiger partial charge in [-0.25, -0.2) is 4.52 Å². The lowest BCUT2D eigenvalue weighted by Gasteiger charge is -2.26. The maximum atomic E-state index is 12.9. The Morgan fingerprint density at radius 1 is 1.14 bits per heavy atom. The third-order valence-electron chi connectivity index (χ3n) is 6.38. The minimum atomic E-state index is -4.42. The Labute approximate surface area is 213 Å². The molecule has 0 aliphatic heterocycles. The average Bonchev–Trinajstić information content (AvgIpc) is 3.46. The zero-order valence-corrected chi connectivity index (χ0v) is 20.5. The van der Waals surface area contributed by atoms with Gasteiger partial charge in [0.15, 0.2) is 5.65 Å². The number of rotatable bonds is 6. The second-order valence-corrected chi connectivity index (χ2v) is 9.91. The van der Waals surface area contributed by atoms with Gasteiger partial charge < -0.3 is 16.4 Å². The highest BCUT2D eigenvalue weighted by atomic mass is 32.1. The van der Waals surface area contributed by atoms with Gasteiger partial charge >= 0.3 is 6.18 Å². The van der Waals surface area contributed by atoms with Gasteiger partial charge in [0.1, 0.15) is 0 Å². The molecular formula is C25H23F3N6O2S. The molecule has 0 bridgehead atoms. The van der Waals surface area contributed by atoms with Gasteiger partial charge in [0.05, 0.1) is 22.0 Å². The number of carbonyl (C=O) groups is 2. The van der Waals surface area contributed by atoms with Crippen molar-refractivity contribution in [3.8, 4) is 11.1 Å². The van der Waals surface area contributed by atoms with Crippen LogP contribution in [-0.4, -0.2) is 32.5 Å². The summed E-state index contributed by atoms with van der Waals surface area (Å²) in [7, 11) is 0. The molecule has 1 aliphatic carbocycles. The topological polar surface area (TPSA) is 114 Å². The Hall–Kier alpha value is -3.93. The van der Waals surface area contributed by atoms with E-state index in [2.05, 4.69) is 20.7 Å². The molecule has 192 valence electrons. The molecule has 0 radical (unpaired) electrons. The predicted molar refractivity (Wildman–Crippen MR) is 133 cm³/mol. The molecule has 4 aromatic rings. The van der Waals surface area contributed by atoms with Gasteiger partial charge in [-0.05, 0) is 67.0 Å². The summed E-state index contributed by atoms with van der Waals surface area (Å²) < 4.78 is 39.9. The predicted octanol–water partition coefficient (Wildman–Crippen LogP) is 4.83. The van der Waals surface area contributed by atoms with E-state index in [1.807, 2.05) is 0 Å². The first-order valence-corrected chi connectivity index (χ1v) is 12.5. The molecule has 12 heteroatoms. The number of fused-ring (bicyclic) bond motifs is 1. The number of nitrogens with zero attached hydrogens (tertiary/aromatic N) is 3. The number of halogens is 3. The second-order valence-electron chi connectivity index (χ2n) is 9.00. The highest BCUT2D eigenvalue weighted by Crippen LogP contribution is 2.31. The molecule has 2 amide bonds. The maximum Gasteiger partial charge on any atom is 0.416 e. The highest BCUT2D eigenvalue weighted by Gasteiger charge is 2.30. The SMILES string of the molecule is C[C@H](NC(=O)c1cc(-c2cc(C(=O)NC3CCC3)c3nc(N)nn3c2)cs1)c1ccc(C(F)(F)F)cc1. The quantitative estimate of drug-likeness (QED) is 0.332. The van der Waals surface area contributed by atoms with E-state index >= 15 is 0 Å². The van der Waals surface area contributed by atoms with Crippen LogP contribution in [-0.2, 0) is 6.18 Å². The molecule has 3 heterocycles. The van der Waals surface area contributed by atoms with Gasteiger partial charge in [0.25, 0.3) is 11.8 Å². The third kappa shape index (κ3) is 5.15. The van der Waals surface area contributed by atoms with Crippen molar-refractivity contribution >= 4 is 34.7 Å². The van der Waals surface area contributed by atoms with Gasteiger partial charge in [-0.1, -0.05) is 12.1 Å². The number of aromatic nitrogens is 3. The van der Waals surface area contributed by atoms with Crippen LogP contribution in [0.15, 0.2) is 48.0 Å². The van der Waals surface area contributed by atoms with E-state index in [1.165, 1.54) is 28.0 Å². The van der Waals surface area contributed by atoms with Gasteiger partial charge in [-0.3, -0.25) is 9.59 Å². The van der Waals surface area contributed by atoms with Crippen LogP contribution in [0.1, 0.15) is 63.4 Å². The van der Waals surface area contributed by atoms with Crippen molar-refractivity contribution in [3.63, 3.8) is 0 Å². The van der Waals surface area contributed by atoms with Crippen molar-refractivity contribution in [2.24, 2.45) is 0 Å². The van der Waals surface area contributed by atoms with E-state index in [4.69, 9.17) is 5.73 Å². The lowest BCUT2D eigenvalue weighted by atomic mass is 9.93. The fourth-order valence-corrected chi connectivity index (χ4v) is 4.88. The van der Waals surface area contributed by atoms with Gasteiger partial charge in [0, 0.05) is 17.8 Å². The summed E-state index contributed by atoms with van der Waals surface area (Å²) >= 11 is 1.21. The number of carbonyl (C=O) groups excluding carboxylic acids is 2. The molecule has 0 spiro atoms. The molecule has 37 heavy (non-hydrogen) atoms. The summed E-state index contributed by atoms with van der Waals surface area (Å²) in [4.78, 5) is 30.4. The van der Waals surface area contributed by atoms with Crippen molar-refractivity contribution in [2.45, 2.75) is 44.4 Å². The summed E-state index contributed by atoms with van der Waals surface area (Å²) in [6.07, 6.45) is 0.217. The van der Waals surface area contributed by atoms with E-state index in [1.54, 1.807) is 30.6 Å². The number of anilines is 1. The van der Waals surface area contributed by atoms with Crippen LogP contribution in [0.2, 0.25) is 0 Å². The number of nitrogen functional groups attached to an aromatic ring is 1. The van der Waals surface area contributed by atoms with Crippen molar-refractivity contribution < 1.29 is 22.8 Å². The molecule has 3 aromatic heterocycles. The average molecular weight is 529 g/mol. The first kappa shape index (κ1) is 24.8. The molecule has 1 aromatic carbocycles. The second kappa shape index (κ2) is 9.51. The Bertz CT molecular complexity index is 1470. The largest absolute Gasteiger partial charge is 0.416 e. The number of nitrogens with one attached hydrogen (secondary N) is 2. The lowest BCUT2D eigenvalue weighted by molar-refractivity contribution is -0.137. The Balaban J connectivity index is 1.35. The number of hydrogen-bond donors (Lipinski definition) is 3. The summed E-state index contributed by atoms with van der Waals surface area (Å²) in [6.45, 7) is 1.70. The van der Waals surface area contributed by atoms with Crippen LogP contribution < -0.4 is 16.4 Å². The summed E-state index contributed by atoms with van der Waals surface area (Å²) in [5.41, 5.74) is 7.61. The minimum absolute atomic E-state index is 0.0393. The maximum absolute atomic E-state index is 12.9. The number of alkyl halides is 3. The van der Waals surface area contributed by atoms with Crippen LogP contribution in [0.3, 0.4) is 0 Å². The number of thiophene rings is 1. The summed E-state index contributed by atoms with van der Waals surface area (Å²) in [5, 5.41) is 11.7. The van der Waals surface area contributed by atoms with Crippen molar-refractivity contribution in [1.82, 2.24) is 25.2 Å². The molecule has 8 nitrogen and oxygen atoms in total. The number of benzene rings is 1. The van der Waals surface area contributed by atoms with Gasteiger partial charge in [-0.15, -0.1) is 16.4 Å². The van der Waals surface area contributed by atoms with Crippen molar-refractivity contribution in [2.75, 3.05) is 5.73 Å². The van der Waals surface area contributed by atoms with E-state index in [-0.39, 0.29) is 23.8 Å². The number of pyridine rings is 1. The number of nitrogens with two attached hydrogens (primary N) is 1. The van der Waals surface area contributed by atoms with Crippen molar-refractivity contribution in [1.29, 1.82) is 0 Å². The number of hydrogen-bond acceptors (Lipinski definition) is 6. The fourth-order valence-electron chi connectivity index (χ4n) is 4.06. The number of amides is 2. The zero-order valence-electron chi connectivity index (χ0n) is 19.7. The monoisotopic (exact) mass is 528 g/mol. The molecule has 1 atom stereocenters. The molecule has 1 fully saturated rings. The smallest absolute Gasteiger partial charge is 0.366 e. The van der Waals surface area contributed by atoms with E-state index in [9.17, 15) is 22.8 Å². The van der Waals surface area contributed by atoms with Crippen LogP contribution >= 0.6 is 11.3 Å². The normalized spacial score (nSPS) is 14.8. The molecule has 1 saturated carbocycles. The van der Waals surface area contributed by atoms with E-state index in [0.29, 0.717) is 32.8 Å². The molecule has 4 N–H and O–H groups in total. The van der Waals surface area contributed by atoms with Crippen molar-refractivity contribution in [3.05, 3.63) is 69.5 Å². The van der Waals surface area contributed by atoms with E-state index < -0.39 is 17.8 Å². The molecule has 1 aliphatic rings. The molecular weight excluding hydrogens is 505 g/mol.